The SMILES string of the molecule is COC(=O)c1cnc(-c2cc3nccc(Cl)c3o2)c(OC)c1. The Labute approximate surface area is 130 Å². The Morgan fingerprint density at radius 2 is 2.09 bits per heavy atom. The summed E-state index contributed by atoms with van der Waals surface area (Å²) in [4.78, 5) is 20.0. The van der Waals surface area contributed by atoms with Gasteiger partial charge in [-0.2, -0.15) is 0 Å². The number of halogens is 1. The minimum absolute atomic E-state index is 0.287. The first-order chi connectivity index (χ1) is 10.6. The molecule has 0 bridgehead atoms. The van der Waals surface area contributed by atoms with Crippen molar-refractivity contribution in [2.75, 3.05) is 14.2 Å². The lowest BCUT2D eigenvalue weighted by Crippen LogP contribution is -2.03. The fourth-order valence-corrected chi connectivity index (χ4v) is 2.23. The van der Waals surface area contributed by atoms with Gasteiger partial charge in [0.25, 0.3) is 0 Å². The van der Waals surface area contributed by atoms with Gasteiger partial charge in [0, 0.05) is 18.5 Å². The van der Waals surface area contributed by atoms with Gasteiger partial charge in [0.1, 0.15) is 17.0 Å². The number of carbonyl (C=O) groups is 1. The fraction of sp³-hybridized carbons (Fsp3) is 0.133. The number of hydrogen-bond donors (Lipinski definition) is 0. The summed E-state index contributed by atoms with van der Waals surface area (Å²) in [6.07, 6.45) is 2.99. The second kappa shape index (κ2) is 5.65. The standard InChI is InChI=1S/C15H11ClN2O4/c1-20-11-5-8(15(19)21-2)7-18-13(11)12-6-10-14(22-12)9(16)3-4-17-10/h3-7H,1-2H3. The van der Waals surface area contributed by atoms with Crippen LogP contribution < -0.4 is 4.74 Å². The van der Waals surface area contributed by atoms with Gasteiger partial charge in [-0.3, -0.25) is 4.98 Å². The molecule has 3 aromatic heterocycles. The summed E-state index contributed by atoms with van der Waals surface area (Å²) < 4.78 is 15.6. The van der Waals surface area contributed by atoms with E-state index in [-0.39, 0.29) is 5.56 Å². The first-order valence-corrected chi connectivity index (χ1v) is 6.68. The lowest BCUT2D eigenvalue weighted by molar-refractivity contribution is 0.0600. The predicted molar refractivity (Wildman–Crippen MR) is 80.1 cm³/mol. The van der Waals surface area contributed by atoms with Crippen molar-refractivity contribution >= 4 is 28.7 Å². The minimum atomic E-state index is -0.494. The highest BCUT2D eigenvalue weighted by molar-refractivity contribution is 6.34. The van der Waals surface area contributed by atoms with Crippen LogP contribution >= 0.6 is 11.6 Å². The van der Waals surface area contributed by atoms with E-state index in [0.29, 0.717) is 33.3 Å². The van der Waals surface area contributed by atoms with Crippen molar-refractivity contribution in [1.82, 2.24) is 9.97 Å². The Kier molecular flexibility index (Phi) is 3.68. The van der Waals surface area contributed by atoms with Gasteiger partial charge >= 0.3 is 5.97 Å². The normalized spacial score (nSPS) is 10.7. The number of ether oxygens (including phenoxy) is 2. The molecule has 3 heterocycles. The molecule has 7 heteroatoms. The van der Waals surface area contributed by atoms with E-state index in [2.05, 4.69) is 14.7 Å². The van der Waals surface area contributed by atoms with E-state index in [9.17, 15) is 4.79 Å². The predicted octanol–water partition coefficient (Wildman–Crippen LogP) is 3.34. The summed E-state index contributed by atoms with van der Waals surface area (Å²) in [5.74, 6) is 0.341. The number of hydrogen-bond acceptors (Lipinski definition) is 6. The van der Waals surface area contributed by atoms with E-state index in [1.54, 1.807) is 18.3 Å². The molecule has 0 N–H and O–H groups in total. The topological polar surface area (TPSA) is 74.5 Å². The first kappa shape index (κ1) is 14.3. The van der Waals surface area contributed by atoms with E-state index in [1.165, 1.54) is 26.5 Å². The molecule has 0 aliphatic carbocycles. The smallest absolute Gasteiger partial charge is 0.339 e. The van der Waals surface area contributed by atoms with Crippen LogP contribution in [0.25, 0.3) is 22.6 Å². The molecule has 0 aliphatic rings. The van der Waals surface area contributed by atoms with Crippen molar-refractivity contribution < 1.29 is 18.7 Å². The third kappa shape index (κ3) is 2.37. The van der Waals surface area contributed by atoms with Crippen molar-refractivity contribution in [3.05, 3.63) is 41.2 Å². The van der Waals surface area contributed by atoms with Crippen LogP contribution in [0.1, 0.15) is 10.4 Å². The number of furan rings is 1. The van der Waals surface area contributed by atoms with Gasteiger partial charge in [0.15, 0.2) is 11.3 Å². The van der Waals surface area contributed by atoms with Gasteiger partial charge in [-0.25, -0.2) is 9.78 Å². The van der Waals surface area contributed by atoms with Gasteiger partial charge in [0.05, 0.1) is 24.8 Å². The van der Waals surface area contributed by atoms with Crippen LogP contribution in [0.5, 0.6) is 5.75 Å². The van der Waals surface area contributed by atoms with E-state index in [4.69, 9.17) is 20.8 Å². The number of carbonyl (C=O) groups excluding carboxylic acids is 1. The average Bonchev–Trinajstić information content (AvgIpc) is 2.99. The number of rotatable bonds is 3. The lowest BCUT2D eigenvalue weighted by Gasteiger charge is -2.07. The molecule has 0 unspecified atom stereocenters. The average molecular weight is 319 g/mol. The summed E-state index contributed by atoms with van der Waals surface area (Å²) in [6, 6.07) is 4.89. The molecule has 0 saturated heterocycles. The molecule has 112 valence electrons. The molecule has 0 radical (unpaired) electrons. The Balaban J connectivity index is 2.13. The summed E-state index contributed by atoms with van der Waals surface area (Å²) in [5.41, 5.74) is 1.82. The lowest BCUT2D eigenvalue weighted by atomic mass is 10.2. The third-order valence-corrected chi connectivity index (χ3v) is 3.39. The summed E-state index contributed by atoms with van der Waals surface area (Å²) in [5, 5.41) is 0.460. The van der Waals surface area contributed by atoms with E-state index in [0.717, 1.165) is 0 Å². The molecule has 3 aromatic rings. The number of esters is 1. The number of methoxy groups -OCH3 is 2. The molecule has 0 aromatic carbocycles. The fourth-order valence-electron chi connectivity index (χ4n) is 2.04. The molecule has 0 atom stereocenters. The van der Waals surface area contributed by atoms with E-state index >= 15 is 0 Å². The highest BCUT2D eigenvalue weighted by atomic mass is 35.5. The zero-order valence-corrected chi connectivity index (χ0v) is 12.5. The largest absolute Gasteiger partial charge is 0.494 e. The molecule has 0 spiro atoms. The van der Waals surface area contributed by atoms with E-state index in [1.807, 2.05) is 0 Å². The number of aromatic nitrogens is 2. The molecule has 22 heavy (non-hydrogen) atoms. The van der Waals surface area contributed by atoms with Crippen LogP contribution in [-0.4, -0.2) is 30.2 Å². The van der Waals surface area contributed by atoms with Gasteiger partial charge in [-0.15, -0.1) is 0 Å². The zero-order valence-electron chi connectivity index (χ0n) is 11.8. The Bertz CT molecular complexity index is 860. The van der Waals surface area contributed by atoms with Crippen LogP contribution in [0.4, 0.5) is 0 Å². The van der Waals surface area contributed by atoms with Crippen molar-refractivity contribution in [1.29, 1.82) is 0 Å². The van der Waals surface area contributed by atoms with Crippen LogP contribution in [-0.2, 0) is 4.74 Å². The number of nitrogens with zero attached hydrogens (tertiary/aromatic N) is 2. The molecular formula is C15H11ClN2O4. The van der Waals surface area contributed by atoms with Gasteiger partial charge in [0.2, 0.25) is 0 Å². The molecule has 6 nitrogen and oxygen atoms in total. The highest BCUT2D eigenvalue weighted by Gasteiger charge is 2.17. The third-order valence-electron chi connectivity index (χ3n) is 3.09. The Hall–Kier alpha value is -2.60. The molecule has 0 aliphatic heterocycles. The summed E-state index contributed by atoms with van der Waals surface area (Å²) >= 11 is 6.07. The summed E-state index contributed by atoms with van der Waals surface area (Å²) in [6.45, 7) is 0. The second-order valence-electron chi connectivity index (χ2n) is 4.38. The Morgan fingerprint density at radius 3 is 2.77 bits per heavy atom. The highest BCUT2D eigenvalue weighted by Crippen LogP contribution is 2.34. The monoisotopic (exact) mass is 318 g/mol. The molecule has 0 fully saturated rings. The minimum Gasteiger partial charge on any atom is -0.494 e. The van der Waals surface area contributed by atoms with Crippen LogP contribution in [0.2, 0.25) is 5.02 Å². The molecular weight excluding hydrogens is 308 g/mol. The van der Waals surface area contributed by atoms with Gasteiger partial charge < -0.3 is 13.9 Å². The van der Waals surface area contributed by atoms with Crippen molar-refractivity contribution in [3.63, 3.8) is 0 Å². The van der Waals surface area contributed by atoms with Crippen molar-refractivity contribution in [2.24, 2.45) is 0 Å². The summed E-state index contributed by atoms with van der Waals surface area (Å²) in [7, 11) is 2.78. The second-order valence-corrected chi connectivity index (χ2v) is 4.79. The van der Waals surface area contributed by atoms with Gasteiger partial charge in [-0.1, -0.05) is 11.6 Å². The number of fused-ring (bicyclic) bond motifs is 1. The number of pyridine rings is 2. The van der Waals surface area contributed by atoms with Crippen molar-refractivity contribution in [3.8, 4) is 17.2 Å². The molecule has 0 saturated carbocycles. The first-order valence-electron chi connectivity index (χ1n) is 6.31. The van der Waals surface area contributed by atoms with Crippen LogP contribution in [0.15, 0.2) is 35.0 Å². The zero-order chi connectivity index (χ0) is 15.7. The maximum absolute atomic E-state index is 11.5. The quantitative estimate of drug-likeness (QED) is 0.689. The molecule has 3 rings (SSSR count). The van der Waals surface area contributed by atoms with Gasteiger partial charge in [-0.05, 0) is 12.1 Å². The van der Waals surface area contributed by atoms with Crippen LogP contribution in [0, 0.1) is 0 Å². The van der Waals surface area contributed by atoms with Crippen molar-refractivity contribution in [2.45, 2.75) is 0 Å². The molecule has 0 amide bonds. The Morgan fingerprint density at radius 1 is 1.27 bits per heavy atom. The maximum Gasteiger partial charge on any atom is 0.339 e. The van der Waals surface area contributed by atoms with Crippen LogP contribution in [0.3, 0.4) is 0 Å². The van der Waals surface area contributed by atoms with E-state index < -0.39 is 5.97 Å². The maximum atomic E-state index is 11.5.